The van der Waals surface area contributed by atoms with Gasteiger partial charge in [-0.3, -0.25) is 9.69 Å². The van der Waals surface area contributed by atoms with Crippen molar-refractivity contribution in [1.82, 2.24) is 35.3 Å². The smallest absolute Gasteiger partial charge is 0.162 e. The van der Waals surface area contributed by atoms with Crippen molar-refractivity contribution in [2.24, 2.45) is 0 Å². The number of fused-ring (bicyclic) bond motifs is 1. The monoisotopic (exact) mass is 459 g/mol. The summed E-state index contributed by atoms with van der Waals surface area (Å²) in [4.78, 5) is 17.7. The summed E-state index contributed by atoms with van der Waals surface area (Å²) >= 11 is 0. The van der Waals surface area contributed by atoms with Gasteiger partial charge in [-0.2, -0.15) is 0 Å². The van der Waals surface area contributed by atoms with Crippen molar-refractivity contribution < 1.29 is 4.79 Å². The fourth-order valence-electron chi connectivity index (χ4n) is 4.92. The molecule has 8 heteroatoms. The standard InChI is InChI=1S/C26H33N7O/c34-26(24-6-5-22-9-11-27-12-10-23(22)18-24)2-1-13-31-14-16-32(17-15-31)19-21-3-7-25(8-4-21)33-20-28-29-30-33/h3-8,18,20,27H,1-2,9-17,19H2. The number of hydrogen-bond acceptors (Lipinski definition) is 7. The van der Waals surface area contributed by atoms with E-state index in [1.54, 1.807) is 11.0 Å². The van der Waals surface area contributed by atoms with Crippen molar-refractivity contribution in [2.45, 2.75) is 32.2 Å². The first-order chi connectivity index (χ1) is 16.7. The number of benzene rings is 2. The molecule has 8 nitrogen and oxygen atoms in total. The number of nitrogens with one attached hydrogen (secondary N) is 1. The summed E-state index contributed by atoms with van der Waals surface area (Å²) in [5, 5.41) is 14.7. The Hall–Kier alpha value is -2.94. The van der Waals surface area contributed by atoms with Crippen LogP contribution < -0.4 is 5.32 Å². The van der Waals surface area contributed by atoms with Crippen LogP contribution in [0.4, 0.5) is 0 Å². The summed E-state index contributed by atoms with van der Waals surface area (Å²) in [6, 6.07) is 14.7. The zero-order valence-corrected chi connectivity index (χ0v) is 19.7. The second-order valence-corrected chi connectivity index (χ2v) is 9.30. The molecule has 3 heterocycles. The van der Waals surface area contributed by atoms with E-state index in [1.165, 1.54) is 16.7 Å². The molecule has 1 N–H and O–H groups in total. The van der Waals surface area contributed by atoms with Crippen LogP contribution in [0.3, 0.4) is 0 Å². The minimum atomic E-state index is 0.281. The van der Waals surface area contributed by atoms with Gasteiger partial charge in [0.05, 0.1) is 5.69 Å². The number of carbonyl (C=O) groups is 1. The third-order valence-electron chi connectivity index (χ3n) is 6.97. The molecule has 1 saturated heterocycles. The molecule has 0 radical (unpaired) electrons. The molecule has 2 aliphatic heterocycles. The van der Waals surface area contributed by atoms with E-state index in [2.05, 4.69) is 67.0 Å². The Labute approximate surface area is 200 Å². The fraction of sp³-hybridized carbons (Fsp3) is 0.462. The topological polar surface area (TPSA) is 79.2 Å². The number of aromatic nitrogens is 4. The molecule has 1 aromatic heterocycles. The molecule has 34 heavy (non-hydrogen) atoms. The summed E-state index contributed by atoms with van der Waals surface area (Å²) in [6.07, 6.45) is 5.24. The molecule has 0 spiro atoms. The molecule has 0 atom stereocenters. The second kappa shape index (κ2) is 11.0. The van der Waals surface area contributed by atoms with Crippen LogP contribution in [0, 0.1) is 0 Å². The Morgan fingerprint density at radius 3 is 2.44 bits per heavy atom. The Bertz CT molecular complexity index is 1070. The summed E-state index contributed by atoms with van der Waals surface area (Å²) in [5.74, 6) is 0.281. The SMILES string of the molecule is O=C(CCCN1CCN(Cc2ccc(-n3cnnn3)cc2)CC1)c1ccc2c(c1)CCNCC2. The predicted octanol–water partition coefficient (Wildman–Crippen LogP) is 2.13. The van der Waals surface area contributed by atoms with Gasteiger partial charge in [0.15, 0.2) is 5.78 Å². The molecular weight excluding hydrogens is 426 g/mol. The first-order valence-corrected chi connectivity index (χ1v) is 12.4. The van der Waals surface area contributed by atoms with E-state index in [9.17, 15) is 4.79 Å². The number of rotatable bonds is 8. The van der Waals surface area contributed by atoms with E-state index < -0.39 is 0 Å². The van der Waals surface area contributed by atoms with Gasteiger partial charge in [-0.05, 0) is 84.2 Å². The summed E-state index contributed by atoms with van der Waals surface area (Å²) in [7, 11) is 0. The fourth-order valence-corrected chi connectivity index (χ4v) is 4.92. The lowest BCUT2D eigenvalue weighted by molar-refractivity contribution is 0.0959. The number of carbonyl (C=O) groups excluding carboxylic acids is 1. The number of hydrogen-bond donors (Lipinski definition) is 1. The highest BCUT2D eigenvalue weighted by molar-refractivity contribution is 5.96. The Morgan fingerprint density at radius 1 is 0.912 bits per heavy atom. The molecule has 0 unspecified atom stereocenters. The predicted molar refractivity (Wildman–Crippen MR) is 131 cm³/mol. The molecule has 0 amide bonds. The second-order valence-electron chi connectivity index (χ2n) is 9.30. The third kappa shape index (κ3) is 5.75. The van der Waals surface area contributed by atoms with Crippen LogP contribution in [0.1, 0.15) is 39.9 Å². The number of nitrogens with zero attached hydrogens (tertiary/aromatic N) is 6. The van der Waals surface area contributed by atoms with Gasteiger partial charge in [-0.25, -0.2) is 4.68 Å². The van der Waals surface area contributed by atoms with Gasteiger partial charge >= 0.3 is 0 Å². The molecule has 5 rings (SSSR count). The molecule has 0 aliphatic carbocycles. The highest BCUT2D eigenvalue weighted by atomic mass is 16.1. The van der Waals surface area contributed by atoms with Crippen molar-refractivity contribution in [3.63, 3.8) is 0 Å². The van der Waals surface area contributed by atoms with Crippen LogP contribution >= 0.6 is 0 Å². The van der Waals surface area contributed by atoms with Gasteiger partial charge in [-0.15, -0.1) is 5.10 Å². The number of ketones is 1. The lowest BCUT2D eigenvalue weighted by atomic mass is 9.97. The van der Waals surface area contributed by atoms with Crippen LogP contribution in [0.2, 0.25) is 0 Å². The molecule has 2 aromatic carbocycles. The minimum Gasteiger partial charge on any atom is -0.316 e. The molecule has 0 saturated carbocycles. The number of tetrazole rings is 1. The number of Topliss-reactive ketones (excluding diaryl/α,β-unsaturated/α-hetero) is 1. The molecule has 1 fully saturated rings. The van der Waals surface area contributed by atoms with Crippen molar-refractivity contribution >= 4 is 5.78 Å². The van der Waals surface area contributed by atoms with E-state index in [-0.39, 0.29) is 5.78 Å². The van der Waals surface area contributed by atoms with Gasteiger partial charge in [-0.1, -0.05) is 24.3 Å². The third-order valence-corrected chi connectivity index (χ3v) is 6.97. The lowest BCUT2D eigenvalue weighted by Gasteiger charge is -2.34. The van der Waals surface area contributed by atoms with Crippen molar-refractivity contribution in [1.29, 1.82) is 0 Å². The van der Waals surface area contributed by atoms with Crippen LogP contribution in [0.15, 0.2) is 48.8 Å². The van der Waals surface area contributed by atoms with E-state index in [4.69, 9.17) is 0 Å². The molecular formula is C26H33N7O. The maximum atomic E-state index is 12.8. The molecule has 0 bridgehead atoms. The maximum absolute atomic E-state index is 12.8. The minimum absolute atomic E-state index is 0.281. The number of piperazine rings is 1. The molecule has 3 aromatic rings. The first-order valence-electron chi connectivity index (χ1n) is 12.4. The van der Waals surface area contributed by atoms with Crippen LogP contribution in [-0.4, -0.2) is 81.6 Å². The molecule has 2 aliphatic rings. The Kier molecular flexibility index (Phi) is 7.38. The van der Waals surface area contributed by atoms with Crippen molar-refractivity contribution in [3.8, 4) is 5.69 Å². The zero-order valence-electron chi connectivity index (χ0n) is 19.7. The van der Waals surface area contributed by atoms with Gasteiger partial charge in [0.25, 0.3) is 0 Å². The van der Waals surface area contributed by atoms with E-state index >= 15 is 0 Å². The van der Waals surface area contributed by atoms with Crippen LogP contribution in [0.25, 0.3) is 5.69 Å². The average molecular weight is 460 g/mol. The van der Waals surface area contributed by atoms with E-state index in [0.29, 0.717) is 6.42 Å². The van der Waals surface area contributed by atoms with Crippen molar-refractivity contribution in [2.75, 3.05) is 45.8 Å². The van der Waals surface area contributed by atoms with Gasteiger partial charge < -0.3 is 10.2 Å². The summed E-state index contributed by atoms with van der Waals surface area (Å²) in [5.41, 5.74) is 5.89. The normalized spacial score (nSPS) is 17.3. The van der Waals surface area contributed by atoms with Gasteiger partial charge in [0.1, 0.15) is 6.33 Å². The highest BCUT2D eigenvalue weighted by Gasteiger charge is 2.18. The van der Waals surface area contributed by atoms with Crippen molar-refractivity contribution in [3.05, 3.63) is 71.0 Å². The quantitative estimate of drug-likeness (QED) is 0.517. The van der Waals surface area contributed by atoms with Gasteiger partial charge in [0.2, 0.25) is 0 Å². The van der Waals surface area contributed by atoms with Crippen LogP contribution in [0.5, 0.6) is 0 Å². The first kappa shape index (κ1) is 22.8. The average Bonchev–Trinajstić information content (AvgIpc) is 3.31. The highest BCUT2D eigenvalue weighted by Crippen LogP contribution is 2.18. The Balaban J connectivity index is 1.03. The largest absolute Gasteiger partial charge is 0.316 e. The van der Waals surface area contributed by atoms with Crippen LogP contribution in [-0.2, 0) is 19.4 Å². The summed E-state index contributed by atoms with van der Waals surface area (Å²) < 4.78 is 1.66. The lowest BCUT2D eigenvalue weighted by Crippen LogP contribution is -2.46. The van der Waals surface area contributed by atoms with Gasteiger partial charge in [0, 0.05) is 44.7 Å². The zero-order chi connectivity index (χ0) is 23.2. The van der Waals surface area contributed by atoms with E-state index in [0.717, 1.165) is 82.9 Å². The Morgan fingerprint density at radius 2 is 1.68 bits per heavy atom. The maximum Gasteiger partial charge on any atom is 0.162 e. The molecule has 178 valence electrons. The summed E-state index contributed by atoms with van der Waals surface area (Å²) in [6.45, 7) is 8.21. The van der Waals surface area contributed by atoms with E-state index in [1.807, 2.05) is 6.07 Å².